The zero-order chi connectivity index (χ0) is 15.3. The zero-order valence-electron chi connectivity index (χ0n) is 12.8. The molecular weight excluding hydrogens is 306 g/mol. The minimum absolute atomic E-state index is 0.198. The van der Waals surface area contributed by atoms with E-state index < -0.39 is 10.0 Å². The molecule has 0 spiro atoms. The van der Waals surface area contributed by atoms with Gasteiger partial charge in [-0.05, 0) is 18.8 Å². The molecule has 2 heterocycles. The number of sulfonamides is 1. The van der Waals surface area contributed by atoms with Crippen LogP contribution in [0.15, 0.2) is 5.38 Å². The Hall–Kier alpha value is -0.660. The highest BCUT2D eigenvalue weighted by molar-refractivity contribution is 7.89. The number of aromatic nitrogens is 1. The molecule has 0 bridgehead atoms. The average molecular weight is 332 g/mol. The van der Waals surface area contributed by atoms with Gasteiger partial charge in [0.05, 0.1) is 11.4 Å². The van der Waals surface area contributed by atoms with Crippen molar-refractivity contribution in [2.45, 2.75) is 39.5 Å². The predicted molar refractivity (Wildman–Crippen MR) is 88.5 cm³/mol. The summed E-state index contributed by atoms with van der Waals surface area (Å²) in [5.41, 5.74) is 0.980. The summed E-state index contributed by atoms with van der Waals surface area (Å²) in [6.07, 6.45) is 4.02. The lowest BCUT2D eigenvalue weighted by atomic mass is 10.2. The summed E-state index contributed by atoms with van der Waals surface area (Å²) >= 11 is 1.66. The van der Waals surface area contributed by atoms with E-state index in [0.717, 1.165) is 30.3 Å². The van der Waals surface area contributed by atoms with E-state index in [1.54, 1.807) is 11.3 Å². The van der Waals surface area contributed by atoms with Crippen molar-refractivity contribution in [3.63, 3.8) is 0 Å². The Morgan fingerprint density at radius 1 is 1.43 bits per heavy atom. The molecule has 7 heteroatoms. The van der Waals surface area contributed by atoms with E-state index in [9.17, 15) is 8.42 Å². The number of thiazole rings is 1. The van der Waals surface area contributed by atoms with Crippen LogP contribution in [0.1, 0.15) is 38.8 Å². The highest BCUT2D eigenvalue weighted by Gasteiger charge is 2.16. The van der Waals surface area contributed by atoms with Crippen LogP contribution in [0, 0.1) is 5.92 Å². The van der Waals surface area contributed by atoms with Crippen LogP contribution in [0.25, 0.3) is 0 Å². The fourth-order valence-corrected chi connectivity index (χ4v) is 4.78. The Morgan fingerprint density at radius 2 is 2.14 bits per heavy atom. The molecule has 120 valence electrons. The van der Waals surface area contributed by atoms with Gasteiger partial charge >= 0.3 is 0 Å². The van der Waals surface area contributed by atoms with Gasteiger partial charge in [0, 0.05) is 31.4 Å². The largest absolute Gasteiger partial charge is 0.348 e. The van der Waals surface area contributed by atoms with E-state index in [4.69, 9.17) is 0 Å². The summed E-state index contributed by atoms with van der Waals surface area (Å²) in [7, 11) is -3.16. The van der Waals surface area contributed by atoms with Crippen molar-refractivity contribution in [2.24, 2.45) is 5.92 Å². The fourth-order valence-electron chi connectivity index (χ4n) is 2.35. The minimum Gasteiger partial charge on any atom is -0.348 e. The third-order valence-electron chi connectivity index (χ3n) is 3.82. The summed E-state index contributed by atoms with van der Waals surface area (Å²) < 4.78 is 26.4. The van der Waals surface area contributed by atoms with Crippen LogP contribution >= 0.6 is 11.3 Å². The standard InChI is InChI=1S/C14H25N3O2S2/c1-3-12(2)11-21(18,19)15-7-6-13-10-20-14(16-13)17-8-4-5-9-17/h10,12,15H,3-9,11H2,1-2H3/t12-/m0/s1. The summed E-state index contributed by atoms with van der Waals surface area (Å²) in [5.74, 6) is 0.406. The van der Waals surface area contributed by atoms with Crippen molar-refractivity contribution in [3.05, 3.63) is 11.1 Å². The van der Waals surface area contributed by atoms with E-state index in [-0.39, 0.29) is 11.7 Å². The first-order valence-corrected chi connectivity index (χ1v) is 10.2. The van der Waals surface area contributed by atoms with Crippen LogP contribution in [0.5, 0.6) is 0 Å². The number of anilines is 1. The molecule has 1 fully saturated rings. The van der Waals surface area contributed by atoms with Gasteiger partial charge in [-0.2, -0.15) is 0 Å². The Labute approximate surface area is 131 Å². The molecule has 5 nitrogen and oxygen atoms in total. The monoisotopic (exact) mass is 331 g/mol. The lowest BCUT2D eigenvalue weighted by Gasteiger charge is -2.12. The fraction of sp³-hybridized carbons (Fsp3) is 0.786. The lowest BCUT2D eigenvalue weighted by molar-refractivity contribution is 0.552. The molecule has 1 N–H and O–H groups in total. The van der Waals surface area contributed by atoms with Gasteiger partial charge in [0.1, 0.15) is 0 Å². The van der Waals surface area contributed by atoms with E-state index in [0.29, 0.717) is 13.0 Å². The van der Waals surface area contributed by atoms with Crippen molar-refractivity contribution >= 4 is 26.5 Å². The van der Waals surface area contributed by atoms with Crippen molar-refractivity contribution in [3.8, 4) is 0 Å². The van der Waals surface area contributed by atoms with Gasteiger partial charge in [-0.25, -0.2) is 18.1 Å². The molecule has 0 radical (unpaired) electrons. The molecule has 0 unspecified atom stereocenters. The van der Waals surface area contributed by atoms with E-state index >= 15 is 0 Å². The third kappa shape index (κ3) is 5.23. The highest BCUT2D eigenvalue weighted by atomic mass is 32.2. The van der Waals surface area contributed by atoms with E-state index in [1.807, 2.05) is 19.2 Å². The molecule has 0 aliphatic carbocycles. The molecule has 0 amide bonds. The lowest BCUT2D eigenvalue weighted by Crippen LogP contribution is -2.30. The molecule has 1 aliphatic heterocycles. The average Bonchev–Trinajstić information content (AvgIpc) is 3.08. The van der Waals surface area contributed by atoms with Gasteiger partial charge < -0.3 is 4.90 Å². The Kier molecular flexibility index (Phi) is 6.01. The molecule has 2 rings (SSSR count). The first-order valence-electron chi connectivity index (χ1n) is 7.67. The molecule has 21 heavy (non-hydrogen) atoms. The number of nitrogens with zero attached hydrogens (tertiary/aromatic N) is 2. The maximum absolute atomic E-state index is 11.9. The molecule has 0 saturated carbocycles. The van der Waals surface area contributed by atoms with Gasteiger partial charge in [-0.15, -0.1) is 11.3 Å². The molecule has 0 aromatic carbocycles. The van der Waals surface area contributed by atoms with Crippen LogP contribution in [0.2, 0.25) is 0 Å². The first-order chi connectivity index (χ1) is 10.00. The Morgan fingerprint density at radius 3 is 2.81 bits per heavy atom. The van der Waals surface area contributed by atoms with Crippen molar-refractivity contribution in [1.82, 2.24) is 9.71 Å². The van der Waals surface area contributed by atoms with Crippen molar-refractivity contribution in [1.29, 1.82) is 0 Å². The van der Waals surface area contributed by atoms with Gasteiger partial charge in [0.15, 0.2) is 5.13 Å². The number of hydrogen-bond acceptors (Lipinski definition) is 5. The molecule has 1 saturated heterocycles. The van der Waals surface area contributed by atoms with Crippen LogP contribution < -0.4 is 9.62 Å². The normalized spacial score (nSPS) is 17.3. The van der Waals surface area contributed by atoms with Gasteiger partial charge in [-0.3, -0.25) is 0 Å². The third-order valence-corrected chi connectivity index (χ3v) is 6.42. The van der Waals surface area contributed by atoms with E-state index in [1.165, 1.54) is 12.8 Å². The topological polar surface area (TPSA) is 62.3 Å². The second-order valence-corrected chi connectivity index (χ2v) is 8.44. The summed E-state index contributed by atoms with van der Waals surface area (Å²) in [5, 5.41) is 3.11. The Balaban J connectivity index is 1.78. The quantitative estimate of drug-likeness (QED) is 0.793. The minimum atomic E-state index is -3.16. The molecule has 1 aromatic rings. The van der Waals surface area contributed by atoms with E-state index in [2.05, 4.69) is 14.6 Å². The summed E-state index contributed by atoms with van der Waals surface area (Å²) in [6.45, 7) is 6.59. The molecule has 1 atom stereocenters. The number of hydrogen-bond donors (Lipinski definition) is 1. The van der Waals surface area contributed by atoms with Crippen molar-refractivity contribution in [2.75, 3.05) is 30.3 Å². The molecule has 1 aromatic heterocycles. The summed E-state index contributed by atoms with van der Waals surface area (Å²) in [6, 6.07) is 0. The van der Waals surface area contributed by atoms with Crippen LogP contribution in [0.4, 0.5) is 5.13 Å². The second kappa shape index (κ2) is 7.56. The van der Waals surface area contributed by atoms with Crippen molar-refractivity contribution < 1.29 is 8.42 Å². The SMILES string of the molecule is CC[C@H](C)CS(=O)(=O)NCCc1csc(N2CCCC2)n1. The van der Waals surface area contributed by atoms with Gasteiger partial charge in [0.2, 0.25) is 10.0 Å². The number of nitrogens with one attached hydrogen (secondary N) is 1. The second-order valence-electron chi connectivity index (χ2n) is 5.75. The zero-order valence-corrected chi connectivity index (χ0v) is 14.5. The number of rotatable bonds is 8. The maximum atomic E-state index is 11.9. The first kappa shape index (κ1) is 16.7. The molecule has 1 aliphatic rings. The summed E-state index contributed by atoms with van der Waals surface area (Å²) in [4.78, 5) is 6.91. The Bertz CT molecular complexity index is 536. The van der Waals surface area contributed by atoms with Crippen LogP contribution in [-0.2, 0) is 16.4 Å². The smallest absolute Gasteiger partial charge is 0.211 e. The predicted octanol–water partition coefficient (Wildman–Crippen LogP) is 2.25. The van der Waals surface area contributed by atoms with Crippen LogP contribution in [-0.4, -0.2) is 38.8 Å². The van der Waals surface area contributed by atoms with Gasteiger partial charge in [0.25, 0.3) is 0 Å². The highest BCUT2D eigenvalue weighted by Crippen LogP contribution is 2.24. The van der Waals surface area contributed by atoms with Gasteiger partial charge in [-0.1, -0.05) is 20.3 Å². The van der Waals surface area contributed by atoms with Crippen LogP contribution in [0.3, 0.4) is 0 Å². The molecular formula is C14H25N3O2S2. The maximum Gasteiger partial charge on any atom is 0.211 e.